The highest BCUT2D eigenvalue weighted by atomic mass is 16.5. The van der Waals surface area contributed by atoms with Crippen LogP contribution in [-0.4, -0.2) is 81.8 Å². The molecule has 0 atom stereocenters. The van der Waals surface area contributed by atoms with Crippen LogP contribution in [0.1, 0.15) is 6.92 Å². The SMILES string of the molecule is COCCOCCN1CCN(CC(C)=O)CC1. The van der Waals surface area contributed by atoms with Crippen molar-refractivity contribution in [2.75, 3.05) is 66.2 Å². The van der Waals surface area contributed by atoms with Gasteiger partial charge in [-0.3, -0.25) is 14.6 Å². The van der Waals surface area contributed by atoms with E-state index in [-0.39, 0.29) is 5.78 Å². The highest BCUT2D eigenvalue weighted by molar-refractivity contribution is 5.77. The lowest BCUT2D eigenvalue weighted by atomic mass is 10.3. The number of carbonyl (C=O) groups excluding carboxylic acids is 1. The van der Waals surface area contributed by atoms with Gasteiger partial charge in [-0.25, -0.2) is 0 Å². The molecule has 1 aliphatic rings. The van der Waals surface area contributed by atoms with Crippen LogP contribution in [0.25, 0.3) is 0 Å². The van der Waals surface area contributed by atoms with Gasteiger partial charge in [0.1, 0.15) is 5.78 Å². The van der Waals surface area contributed by atoms with E-state index >= 15 is 0 Å². The van der Waals surface area contributed by atoms with Crippen molar-refractivity contribution in [3.05, 3.63) is 0 Å². The van der Waals surface area contributed by atoms with E-state index in [9.17, 15) is 4.79 Å². The Morgan fingerprint density at radius 2 is 1.71 bits per heavy atom. The van der Waals surface area contributed by atoms with Gasteiger partial charge in [0.2, 0.25) is 0 Å². The van der Waals surface area contributed by atoms with Crippen LogP contribution in [0.5, 0.6) is 0 Å². The lowest BCUT2D eigenvalue weighted by molar-refractivity contribution is -0.118. The first-order valence-electron chi connectivity index (χ1n) is 6.23. The second-order valence-electron chi connectivity index (χ2n) is 4.42. The largest absolute Gasteiger partial charge is 0.382 e. The predicted octanol–water partition coefficient (Wildman–Crippen LogP) is -0.144. The molecule has 1 saturated heterocycles. The highest BCUT2D eigenvalue weighted by Gasteiger charge is 2.16. The number of rotatable bonds is 8. The van der Waals surface area contributed by atoms with E-state index in [1.54, 1.807) is 14.0 Å². The van der Waals surface area contributed by atoms with Crippen molar-refractivity contribution in [1.29, 1.82) is 0 Å². The summed E-state index contributed by atoms with van der Waals surface area (Å²) in [5, 5.41) is 0. The Bertz CT molecular complexity index is 216. The van der Waals surface area contributed by atoms with Crippen LogP contribution >= 0.6 is 0 Å². The molecule has 0 saturated carbocycles. The van der Waals surface area contributed by atoms with Gasteiger partial charge >= 0.3 is 0 Å². The van der Waals surface area contributed by atoms with E-state index in [2.05, 4.69) is 9.80 Å². The maximum Gasteiger partial charge on any atom is 0.143 e. The summed E-state index contributed by atoms with van der Waals surface area (Å²) in [6.07, 6.45) is 0. The Labute approximate surface area is 104 Å². The fourth-order valence-electron chi connectivity index (χ4n) is 1.92. The minimum Gasteiger partial charge on any atom is -0.382 e. The molecule has 1 heterocycles. The fraction of sp³-hybridized carbons (Fsp3) is 0.917. The van der Waals surface area contributed by atoms with E-state index in [1.165, 1.54) is 0 Å². The van der Waals surface area contributed by atoms with Gasteiger partial charge in [0, 0.05) is 39.8 Å². The van der Waals surface area contributed by atoms with E-state index in [1.807, 2.05) is 0 Å². The molecule has 0 unspecified atom stereocenters. The maximum atomic E-state index is 11.0. The number of methoxy groups -OCH3 is 1. The quantitative estimate of drug-likeness (QED) is 0.556. The van der Waals surface area contributed by atoms with Crippen molar-refractivity contribution in [3.8, 4) is 0 Å². The van der Waals surface area contributed by atoms with E-state index in [0.29, 0.717) is 19.8 Å². The fourth-order valence-corrected chi connectivity index (χ4v) is 1.92. The number of hydrogen-bond acceptors (Lipinski definition) is 5. The number of nitrogens with zero attached hydrogens (tertiary/aromatic N) is 2. The molecule has 5 heteroatoms. The molecule has 0 aromatic carbocycles. The van der Waals surface area contributed by atoms with Crippen LogP contribution in [0.15, 0.2) is 0 Å². The molecule has 0 aromatic heterocycles. The monoisotopic (exact) mass is 244 g/mol. The first kappa shape index (κ1) is 14.6. The summed E-state index contributed by atoms with van der Waals surface area (Å²) in [6.45, 7) is 9.33. The summed E-state index contributed by atoms with van der Waals surface area (Å²) in [4.78, 5) is 15.6. The molecule has 5 nitrogen and oxygen atoms in total. The van der Waals surface area contributed by atoms with E-state index < -0.39 is 0 Å². The zero-order chi connectivity index (χ0) is 12.5. The average Bonchev–Trinajstić information content (AvgIpc) is 2.30. The third-order valence-electron chi connectivity index (χ3n) is 2.89. The van der Waals surface area contributed by atoms with Crippen molar-refractivity contribution >= 4 is 5.78 Å². The molecular weight excluding hydrogens is 220 g/mol. The second kappa shape index (κ2) is 8.58. The molecule has 0 N–H and O–H groups in total. The summed E-state index contributed by atoms with van der Waals surface area (Å²) < 4.78 is 10.3. The summed E-state index contributed by atoms with van der Waals surface area (Å²) in [6, 6.07) is 0. The van der Waals surface area contributed by atoms with Crippen LogP contribution in [0.2, 0.25) is 0 Å². The van der Waals surface area contributed by atoms with Crippen LogP contribution in [0, 0.1) is 0 Å². The van der Waals surface area contributed by atoms with E-state index in [4.69, 9.17) is 9.47 Å². The Kier molecular flexibility index (Phi) is 7.35. The Hall–Kier alpha value is -0.490. The van der Waals surface area contributed by atoms with Gasteiger partial charge < -0.3 is 9.47 Å². The molecule has 1 rings (SSSR count). The van der Waals surface area contributed by atoms with Gasteiger partial charge in [0.15, 0.2) is 0 Å². The number of carbonyl (C=O) groups is 1. The minimum atomic E-state index is 0.251. The molecule has 100 valence electrons. The molecular formula is C12H24N2O3. The number of piperazine rings is 1. The number of Topliss-reactive ketones (excluding diaryl/α,β-unsaturated/α-hetero) is 1. The van der Waals surface area contributed by atoms with Crippen molar-refractivity contribution in [1.82, 2.24) is 9.80 Å². The number of hydrogen-bond donors (Lipinski definition) is 0. The van der Waals surface area contributed by atoms with Crippen molar-refractivity contribution in [2.45, 2.75) is 6.92 Å². The first-order chi connectivity index (χ1) is 8.22. The van der Waals surface area contributed by atoms with Gasteiger partial charge in [-0.1, -0.05) is 0 Å². The molecule has 1 aliphatic heterocycles. The van der Waals surface area contributed by atoms with Gasteiger partial charge in [-0.2, -0.15) is 0 Å². The molecule has 0 amide bonds. The predicted molar refractivity (Wildman–Crippen MR) is 66.3 cm³/mol. The Morgan fingerprint density at radius 3 is 2.29 bits per heavy atom. The standard InChI is InChI=1S/C12H24N2O3/c1-12(15)11-14-5-3-13(4-6-14)7-8-17-10-9-16-2/h3-11H2,1-2H3. The average molecular weight is 244 g/mol. The van der Waals surface area contributed by atoms with Gasteiger partial charge in [-0.15, -0.1) is 0 Å². The summed E-state index contributed by atoms with van der Waals surface area (Å²) >= 11 is 0. The van der Waals surface area contributed by atoms with Crippen LogP contribution < -0.4 is 0 Å². The molecule has 17 heavy (non-hydrogen) atoms. The van der Waals surface area contributed by atoms with Crippen molar-refractivity contribution < 1.29 is 14.3 Å². The minimum absolute atomic E-state index is 0.251. The Morgan fingerprint density at radius 1 is 1.06 bits per heavy atom. The van der Waals surface area contributed by atoms with Crippen LogP contribution in [0.4, 0.5) is 0 Å². The van der Waals surface area contributed by atoms with E-state index in [0.717, 1.165) is 39.3 Å². The van der Waals surface area contributed by atoms with Crippen molar-refractivity contribution in [2.24, 2.45) is 0 Å². The van der Waals surface area contributed by atoms with Gasteiger partial charge in [-0.05, 0) is 6.92 Å². The van der Waals surface area contributed by atoms with Gasteiger partial charge in [0.05, 0.1) is 26.4 Å². The number of ketones is 1. The first-order valence-corrected chi connectivity index (χ1v) is 6.23. The molecule has 1 fully saturated rings. The Balaban J connectivity index is 2.01. The lowest BCUT2D eigenvalue weighted by Crippen LogP contribution is -2.48. The summed E-state index contributed by atoms with van der Waals surface area (Å²) in [7, 11) is 1.68. The topological polar surface area (TPSA) is 42.0 Å². The smallest absolute Gasteiger partial charge is 0.143 e. The molecule has 0 spiro atoms. The highest BCUT2D eigenvalue weighted by Crippen LogP contribution is 2.01. The molecule has 0 radical (unpaired) electrons. The molecule has 0 bridgehead atoms. The number of ether oxygens (including phenoxy) is 2. The molecule has 0 aromatic rings. The molecule has 0 aliphatic carbocycles. The third-order valence-corrected chi connectivity index (χ3v) is 2.89. The van der Waals surface area contributed by atoms with Crippen LogP contribution in [0.3, 0.4) is 0 Å². The van der Waals surface area contributed by atoms with Crippen LogP contribution in [-0.2, 0) is 14.3 Å². The van der Waals surface area contributed by atoms with Gasteiger partial charge in [0.25, 0.3) is 0 Å². The lowest BCUT2D eigenvalue weighted by Gasteiger charge is -2.33. The van der Waals surface area contributed by atoms with Crippen molar-refractivity contribution in [3.63, 3.8) is 0 Å². The zero-order valence-electron chi connectivity index (χ0n) is 11.0. The maximum absolute atomic E-state index is 11.0. The third kappa shape index (κ3) is 6.73. The normalized spacial score (nSPS) is 18.5. The second-order valence-corrected chi connectivity index (χ2v) is 4.42. The zero-order valence-corrected chi connectivity index (χ0v) is 11.0. The summed E-state index contributed by atoms with van der Waals surface area (Å²) in [5.41, 5.74) is 0. The summed E-state index contributed by atoms with van der Waals surface area (Å²) in [5.74, 6) is 0.251.